The van der Waals surface area contributed by atoms with Gasteiger partial charge in [0.1, 0.15) is 11.6 Å². The Labute approximate surface area is 167 Å². The quantitative estimate of drug-likeness (QED) is 0.406. The smallest absolute Gasteiger partial charge is 0.166 e. The van der Waals surface area contributed by atoms with Crippen molar-refractivity contribution in [1.82, 2.24) is 19.2 Å². The first-order valence-electron chi connectivity index (χ1n) is 9.47. The van der Waals surface area contributed by atoms with Crippen LogP contribution in [0.3, 0.4) is 0 Å². The van der Waals surface area contributed by atoms with E-state index in [2.05, 4.69) is 31.2 Å². The van der Waals surface area contributed by atoms with Gasteiger partial charge in [-0.3, -0.25) is 0 Å². The lowest BCUT2D eigenvalue weighted by atomic mass is 10.0. The van der Waals surface area contributed by atoms with Crippen molar-refractivity contribution in [2.45, 2.75) is 13.8 Å². The van der Waals surface area contributed by atoms with Gasteiger partial charge in [0.05, 0.1) is 11.4 Å². The molecule has 3 heterocycles. The van der Waals surface area contributed by atoms with Crippen LogP contribution in [0.2, 0.25) is 0 Å². The Kier molecular flexibility index (Phi) is 4.02. The van der Waals surface area contributed by atoms with Crippen molar-refractivity contribution in [1.29, 1.82) is 0 Å². The first kappa shape index (κ1) is 17.4. The fourth-order valence-electron chi connectivity index (χ4n) is 3.64. The van der Waals surface area contributed by atoms with Gasteiger partial charge in [-0.15, -0.1) is 0 Å². The number of fused-ring (bicyclic) bond motifs is 1. The van der Waals surface area contributed by atoms with Gasteiger partial charge >= 0.3 is 0 Å². The van der Waals surface area contributed by atoms with Crippen LogP contribution in [0.25, 0.3) is 33.8 Å². The SMILES string of the molecule is Cc1ccc(-c2c(C)nn3c(-c4cccc(F)c4)cc(-n4cccc4)nc23)cc1. The van der Waals surface area contributed by atoms with Crippen LogP contribution >= 0.6 is 0 Å². The van der Waals surface area contributed by atoms with Gasteiger partial charge in [-0.05, 0) is 43.7 Å². The highest BCUT2D eigenvalue weighted by Crippen LogP contribution is 2.32. The lowest BCUT2D eigenvalue weighted by molar-refractivity contribution is 0.628. The Morgan fingerprint density at radius 2 is 1.59 bits per heavy atom. The minimum atomic E-state index is -0.280. The molecule has 142 valence electrons. The maximum atomic E-state index is 14.0. The number of aromatic nitrogens is 4. The van der Waals surface area contributed by atoms with E-state index in [9.17, 15) is 4.39 Å². The summed E-state index contributed by atoms with van der Waals surface area (Å²) in [5.74, 6) is 0.479. The number of rotatable bonds is 3. The second-order valence-electron chi connectivity index (χ2n) is 7.16. The number of benzene rings is 2. The van der Waals surface area contributed by atoms with Crippen molar-refractivity contribution in [2.75, 3.05) is 0 Å². The van der Waals surface area contributed by atoms with Crippen molar-refractivity contribution in [2.24, 2.45) is 0 Å². The van der Waals surface area contributed by atoms with E-state index in [0.717, 1.165) is 39.5 Å². The molecule has 0 unspecified atom stereocenters. The molecular weight excluding hydrogens is 363 g/mol. The fourth-order valence-corrected chi connectivity index (χ4v) is 3.64. The second-order valence-corrected chi connectivity index (χ2v) is 7.16. The summed E-state index contributed by atoms with van der Waals surface area (Å²) >= 11 is 0. The summed E-state index contributed by atoms with van der Waals surface area (Å²) in [7, 11) is 0. The Balaban J connectivity index is 1.85. The molecule has 0 bridgehead atoms. The van der Waals surface area contributed by atoms with Crippen LogP contribution in [-0.4, -0.2) is 19.2 Å². The third-order valence-electron chi connectivity index (χ3n) is 5.08. The zero-order chi connectivity index (χ0) is 20.0. The molecule has 0 N–H and O–H groups in total. The molecule has 0 aliphatic heterocycles. The normalized spacial score (nSPS) is 11.3. The van der Waals surface area contributed by atoms with E-state index in [4.69, 9.17) is 10.1 Å². The highest BCUT2D eigenvalue weighted by Gasteiger charge is 2.18. The molecule has 0 saturated carbocycles. The van der Waals surface area contributed by atoms with Crippen LogP contribution in [0.15, 0.2) is 79.1 Å². The number of halogens is 1. The highest BCUT2D eigenvalue weighted by molar-refractivity contribution is 5.82. The predicted octanol–water partition coefficient (Wildman–Crippen LogP) is 5.61. The molecule has 0 spiro atoms. The summed E-state index contributed by atoms with van der Waals surface area (Å²) < 4.78 is 17.7. The molecule has 5 rings (SSSR count). The lowest BCUT2D eigenvalue weighted by Gasteiger charge is -2.10. The molecule has 0 aliphatic carbocycles. The standard InChI is InChI=1S/C24H19FN4/c1-16-8-10-18(11-9-16)23-17(2)27-29-21(19-6-5-7-20(25)14-19)15-22(26-24(23)29)28-12-3-4-13-28/h3-15H,1-2H3. The van der Waals surface area contributed by atoms with Gasteiger partial charge in [-0.2, -0.15) is 5.10 Å². The van der Waals surface area contributed by atoms with Crippen molar-refractivity contribution < 1.29 is 4.39 Å². The van der Waals surface area contributed by atoms with E-state index >= 15 is 0 Å². The van der Waals surface area contributed by atoms with E-state index in [0.29, 0.717) is 0 Å². The first-order valence-corrected chi connectivity index (χ1v) is 9.47. The minimum Gasteiger partial charge on any atom is -0.309 e. The lowest BCUT2D eigenvalue weighted by Crippen LogP contribution is -2.02. The summed E-state index contributed by atoms with van der Waals surface area (Å²) in [6, 6.07) is 20.8. The van der Waals surface area contributed by atoms with Crippen LogP contribution in [0.4, 0.5) is 4.39 Å². The average Bonchev–Trinajstić information content (AvgIpc) is 3.35. The zero-order valence-electron chi connectivity index (χ0n) is 16.2. The predicted molar refractivity (Wildman–Crippen MR) is 113 cm³/mol. The van der Waals surface area contributed by atoms with E-state index < -0.39 is 0 Å². The van der Waals surface area contributed by atoms with Gasteiger partial charge in [0.15, 0.2) is 5.65 Å². The first-order chi connectivity index (χ1) is 14.1. The molecule has 4 nitrogen and oxygen atoms in total. The number of nitrogens with zero attached hydrogens (tertiary/aromatic N) is 4. The second kappa shape index (κ2) is 6.71. The van der Waals surface area contributed by atoms with Crippen LogP contribution < -0.4 is 0 Å². The molecule has 0 atom stereocenters. The number of hydrogen-bond donors (Lipinski definition) is 0. The summed E-state index contributed by atoms with van der Waals surface area (Å²) in [6.45, 7) is 4.05. The van der Waals surface area contributed by atoms with E-state index in [1.165, 1.54) is 17.7 Å². The zero-order valence-corrected chi connectivity index (χ0v) is 16.2. The van der Waals surface area contributed by atoms with Gasteiger partial charge in [-0.25, -0.2) is 13.9 Å². The summed E-state index contributed by atoms with van der Waals surface area (Å²) in [4.78, 5) is 4.92. The number of hydrogen-bond acceptors (Lipinski definition) is 2. The Morgan fingerprint density at radius 3 is 2.31 bits per heavy atom. The van der Waals surface area contributed by atoms with Crippen molar-refractivity contribution in [3.8, 4) is 28.2 Å². The topological polar surface area (TPSA) is 35.1 Å². The molecule has 0 radical (unpaired) electrons. The fraction of sp³-hybridized carbons (Fsp3) is 0.0833. The van der Waals surface area contributed by atoms with Crippen LogP contribution in [-0.2, 0) is 0 Å². The summed E-state index contributed by atoms with van der Waals surface area (Å²) in [6.07, 6.45) is 3.89. The van der Waals surface area contributed by atoms with Crippen molar-refractivity contribution >= 4 is 5.65 Å². The maximum Gasteiger partial charge on any atom is 0.166 e. The van der Waals surface area contributed by atoms with Crippen molar-refractivity contribution in [3.63, 3.8) is 0 Å². The molecule has 29 heavy (non-hydrogen) atoms. The molecule has 2 aromatic carbocycles. The van der Waals surface area contributed by atoms with Gasteiger partial charge in [0.25, 0.3) is 0 Å². The Hall–Kier alpha value is -3.73. The molecule has 0 fully saturated rings. The van der Waals surface area contributed by atoms with Crippen molar-refractivity contribution in [3.05, 3.63) is 96.2 Å². The maximum absolute atomic E-state index is 14.0. The summed E-state index contributed by atoms with van der Waals surface area (Å²) in [5, 5.41) is 4.76. The molecule has 0 amide bonds. The molecule has 0 aliphatic rings. The third-order valence-corrected chi connectivity index (χ3v) is 5.08. The largest absolute Gasteiger partial charge is 0.309 e. The number of aryl methyl sites for hydroxylation is 2. The van der Waals surface area contributed by atoms with Crippen LogP contribution in [0.1, 0.15) is 11.3 Å². The minimum absolute atomic E-state index is 0.280. The van der Waals surface area contributed by atoms with Gasteiger partial charge < -0.3 is 4.57 Å². The van der Waals surface area contributed by atoms with Gasteiger partial charge in [0, 0.05) is 29.6 Å². The summed E-state index contributed by atoms with van der Waals surface area (Å²) in [5.41, 5.74) is 6.41. The molecule has 3 aromatic heterocycles. The monoisotopic (exact) mass is 382 g/mol. The molecule has 5 heteroatoms. The molecular formula is C24H19FN4. The van der Waals surface area contributed by atoms with E-state index in [-0.39, 0.29) is 5.82 Å². The van der Waals surface area contributed by atoms with Crippen LogP contribution in [0, 0.1) is 19.7 Å². The van der Waals surface area contributed by atoms with Crippen LogP contribution in [0.5, 0.6) is 0 Å². The van der Waals surface area contributed by atoms with Gasteiger partial charge in [-0.1, -0.05) is 42.0 Å². The molecule has 5 aromatic rings. The van der Waals surface area contributed by atoms with Gasteiger partial charge in [0.2, 0.25) is 0 Å². The Morgan fingerprint density at radius 1 is 0.828 bits per heavy atom. The average molecular weight is 382 g/mol. The Bertz CT molecular complexity index is 1320. The van der Waals surface area contributed by atoms with E-state index in [1.54, 1.807) is 6.07 Å². The van der Waals surface area contributed by atoms with E-state index in [1.807, 2.05) is 52.7 Å². The molecule has 0 saturated heterocycles. The third kappa shape index (κ3) is 3.01. The highest BCUT2D eigenvalue weighted by atomic mass is 19.1.